The van der Waals surface area contributed by atoms with Gasteiger partial charge in [0.15, 0.2) is 0 Å². The molecule has 0 spiro atoms. The smallest absolute Gasteiger partial charge is 0.308 e. The van der Waals surface area contributed by atoms with E-state index in [9.17, 15) is 14.4 Å². The fourth-order valence-corrected chi connectivity index (χ4v) is 2.70. The van der Waals surface area contributed by atoms with Gasteiger partial charge in [0.1, 0.15) is 6.04 Å². The summed E-state index contributed by atoms with van der Waals surface area (Å²) in [4.78, 5) is 38.0. The quantitative estimate of drug-likeness (QED) is 0.745. The Labute approximate surface area is 131 Å². The fraction of sp³-hybridized carbons (Fsp3) is 0.812. The van der Waals surface area contributed by atoms with Crippen LogP contribution in [0.15, 0.2) is 0 Å². The van der Waals surface area contributed by atoms with Crippen molar-refractivity contribution in [2.45, 2.75) is 52.0 Å². The highest BCUT2D eigenvalue weighted by Crippen LogP contribution is 2.29. The van der Waals surface area contributed by atoms with Gasteiger partial charge < -0.3 is 15.0 Å². The van der Waals surface area contributed by atoms with Gasteiger partial charge in [-0.05, 0) is 25.2 Å². The van der Waals surface area contributed by atoms with E-state index in [1.54, 1.807) is 4.90 Å². The summed E-state index contributed by atoms with van der Waals surface area (Å²) in [5, 5.41) is 2.73. The van der Waals surface area contributed by atoms with Crippen LogP contribution in [0.2, 0.25) is 0 Å². The third kappa shape index (κ3) is 4.21. The maximum atomic E-state index is 12.4. The lowest BCUT2D eigenvalue weighted by atomic mass is 9.83. The summed E-state index contributed by atoms with van der Waals surface area (Å²) in [5.74, 6) is -0.150. The lowest BCUT2D eigenvalue weighted by molar-refractivity contribution is -0.154. The van der Waals surface area contributed by atoms with Gasteiger partial charge in [0.25, 0.3) is 0 Å². The van der Waals surface area contributed by atoms with E-state index in [0.29, 0.717) is 25.6 Å². The second kappa shape index (κ2) is 7.61. The molecule has 2 rings (SSSR count). The van der Waals surface area contributed by atoms with E-state index in [4.69, 9.17) is 4.74 Å². The van der Waals surface area contributed by atoms with Crippen molar-refractivity contribution in [2.75, 3.05) is 19.7 Å². The van der Waals surface area contributed by atoms with Gasteiger partial charge in [-0.15, -0.1) is 0 Å². The Balaban J connectivity index is 1.90. The standard InChI is InChI=1S/C16H26N2O4/c1-11(2)6-9-22-14(19)10-13-15(20)17-7-8-18(13)16(21)12-4-3-5-12/h11-13H,3-10H2,1-2H3,(H,17,20). The van der Waals surface area contributed by atoms with Gasteiger partial charge in [0.05, 0.1) is 13.0 Å². The zero-order valence-electron chi connectivity index (χ0n) is 13.5. The molecule has 0 aromatic carbocycles. The topological polar surface area (TPSA) is 75.7 Å². The molecule has 1 saturated heterocycles. The van der Waals surface area contributed by atoms with Crippen molar-refractivity contribution < 1.29 is 19.1 Å². The largest absolute Gasteiger partial charge is 0.466 e. The van der Waals surface area contributed by atoms with E-state index < -0.39 is 12.0 Å². The minimum Gasteiger partial charge on any atom is -0.466 e. The zero-order valence-corrected chi connectivity index (χ0v) is 13.5. The first-order valence-corrected chi connectivity index (χ1v) is 8.23. The van der Waals surface area contributed by atoms with Crippen LogP contribution in [0, 0.1) is 11.8 Å². The third-order valence-corrected chi connectivity index (χ3v) is 4.39. The van der Waals surface area contributed by atoms with Crippen LogP contribution in [0.25, 0.3) is 0 Å². The molecule has 1 N–H and O–H groups in total. The van der Waals surface area contributed by atoms with Crippen LogP contribution in [0.5, 0.6) is 0 Å². The van der Waals surface area contributed by atoms with Gasteiger partial charge in [-0.1, -0.05) is 20.3 Å². The molecule has 6 nitrogen and oxygen atoms in total. The number of nitrogens with zero attached hydrogens (tertiary/aromatic N) is 1. The molecule has 1 aliphatic heterocycles. The van der Waals surface area contributed by atoms with E-state index >= 15 is 0 Å². The maximum Gasteiger partial charge on any atom is 0.308 e. The number of hydrogen-bond acceptors (Lipinski definition) is 4. The maximum absolute atomic E-state index is 12.4. The van der Waals surface area contributed by atoms with Crippen molar-refractivity contribution in [3.8, 4) is 0 Å². The first-order valence-electron chi connectivity index (χ1n) is 8.23. The lowest BCUT2D eigenvalue weighted by Crippen LogP contribution is -2.59. The molecular formula is C16H26N2O4. The van der Waals surface area contributed by atoms with Crippen LogP contribution in [0.1, 0.15) is 46.0 Å². The molecule has 0 aromatic rings. The predicted molar refractivity (Wildman–Crippen MR) is 80.9 cm³/mol. The number of ether oxygens (including phenoxy) is 1. The summed E-state index contributed by atoms with van der Waals surface area (Å²) in [6, 6.07) is -0.714. The van der Waals surface area contributed by atoms with Crippen molar-refractivity contribution in [1.82, 2.24) is 10.2 Å². The number of carbonyl (C=O) groups excluding carboxylic acids is 3. The Morgan fingerprint density at radius 3 is 2.68 bits per heavy atom. The van der Waals surface area contributed by atoms with E-state index in [0.717, 1.165) is 25.7 Å². The Kier molecular flexibility index (Phi) is 5.80. The van der Waals surface area contributed by atoms with Crippen molar-refractivity contribution in [3.05, 3.63) is 0 Å². The molecule has 124 valence electrons. The van der Waals surface area contributed by atoms with Gasteiger partial charge in [-0.25, -0.2) is 0 Å². The highest BCUT2D eigenvalue weighted by Gasteiger charge is 2.39. The van der Waals surface area contributed by atoms with Crippen LogP contribution in [0.4, 0.5) is 0 Å². The number of hydrogen-bond donors (Lipinski definition) is 1. The summed E-state index contributed by atoms with van der Waals surface area (Å²) >= 11 is 0. The summed E-state index contributed by atoms with van der Waals surface area (Å²) in [7, 11) is 0. The Hall–Kier alpha value is -1.59. The second-order valence-electron chi connectivity index (χ2n) is 6.57. The molecule has 2 aliphatic rings. The zero-order chi connectivity index (χ0) is 16.1. The number of carbonyl (C=O) groups is 3. The Morgan fingerprint density at radius 2 is 2.09 bits per heavy atom. The summed E-state index contributed by atoms with van der Waals surface area (Å²) in [5.41, 5.74) is 0. The average molecular weight is 310 g/mol. The van der Waals surface area contributed by atoms with Gasteiger partial charge >= 0.3 is 5.97 Å². The molecule has 1 atom stereocenters. The molecule has 1 aliphatic carbocycles. The average Bonchev–Trinajstić information content (AvgIpc) is 2.38. The number of nitrogens with one attached hydrogen (secondary N) is 1. The van der Waals surface area contributed by atoms with Crippen molar-refractivity contribution in [3.63, 3.8) is 0 Å². The molecule has 0 aromatic heterocycles. The van der Waals surface area contributed by atoms with Crippen molar-refractivity contribution in [1.29, 1.82) is 0 Å². The normalized spacial score (nSPS) is 22.2. The number of amides is 2. The molecule has 2 fully saturated rings. The Bertz CT molecular complexity index is 432. The van der Waals surface area contributed by atoms with E-state index in [2.05, 4.69) is 19.2 Å². The lowest BCUT2D eigenvalue weighted by Gasteiger charge is -2.38. The molecule has 0 radical (unpaired) electrons. The third-order valence-electron chi connectivity index (χ3n) is 4.39. The minimum atomic E-state index is -0.714. The first-order chi connectivity index (χ1) is 10.5. The molecule has 1 heterocycles. The fourth-order valence-electron chi connectivity index (χ4n) is 2.70. The molecule has 2 amide bonds. The molecule has 6 heteroatoms. The van der Waals surface area contributed by atoms with Crippen LogP contribution in [-0.4, -0.2) is 48.4 Å². The number of rotatable bonds is 6. The summed E-state index contributed by atoms with van der Waals surface area (Å²) < 4.78 is 5.18. The van der Waals surface area contributed by atoms with Crippen molar-refractivity contribution in [2.24, 2.45) is 11.8 Å². The number of piperazine rings is 1. The van der Waals surface area contributed by atoms with E-state index in [1.165, 1.54) is 0 Å². The van der Waals surface area contributed by atoms with Crippen LogP contribution in [0.3, 0.4) is 0 Å². The first kappa shape index (κ1) is 16.8. The SMILES string of the molecule is CC(C)CCOC(=O)CC1C(=O)NCCN1C(=O)C1CCC1. The molecule has 1 unspecified atom stereocenters. The highest BCUT2D eigenvalue weighted by atomic mass is 16.5. The highest BCUT2D eigenvalue weighted by molar-refractivity contribution is 5.92. The van der Waals surface area contributed by atoms with E-state index in [1.807, 2.05) is 0 Å². The van der Waals surface area contributed by atoms with Gasteiger partial charge in [-0.2, -0.15) is 0 Å². The van der Waals surface area contributed by atoms with Crippen LogP contribution in [-0.2, 0) is 19.1 Å². The summed E-state index contributed by atoms with van der Waals surface area (Å²) in [6.07, 6.45) is 3.60. The number of esters is 1. The summed E-state index contributed by atoms with van der Waals surface area (Å²) in [6.45, 7) is 5.41. The van der Waals surface area contributed by atoms with E-state index in [-0.39, 0.29) is 24.2 Å². The second-order valence-corrected chi connectivity index (χ2v) is 6.57. The Morgan fingerprint density at radius 1 is 1.36 bits per heavy atom. The minimum absolute atomic E-state index is 0.0149. The van der Waals surface area contributed by atoms with Gasteiger partial charge in [0.2, 0.25) is 11.8 Å². The monoisotopic (exact) mass is 310 g/mol. The molecular weight excluding hydrogens is 284 g/mol. The predicted octanol–water partition coefficient (Wildman–Crippen LogP) is 1.09. The van der Waals surface area contributed by atoms with Crippen molar-refractivity contribution >= 4 is 17.8 Å². The van der Waals surface area contributed by atoms with Gasteiger partial charge in [-0.3, -0.25) is 14.4 Å². The molecule has 22 heavy (non-hydrogen) atoms. The molecule has 0 bridgehead atoms. The molecule has 1 saturated carbocycles. The van der Waals surface area contributed by atoms with Crippen LogP contribution >= 0.6 is 0 Å². The van der Waals surface area contributed by atoms with Crippen LogP contribution < -0.4 is 5.32 Å². The van der Waals surface area contributed by atoms with Gasteiger partial charge in [0, 0.05) is 19.0 Å².